The van der Waals surface area contributed by atoms with Gasteiger partial charge < -0.3 is 20.1 Å². The molecule has 9 heteroatoms. The molecule has 8 nitrogen and oxygen atoms in total. The first kappa shape index (κ1) is 22.3. The van der Waals surface area contributed by atoms with E-state index in [2.05, 4.69) is 20.3 Å². The number of ether oxygens (including phenoxy) is 2. The summed E-state index contributed by atoms with van der Waals surface area (Å²) in [6, 6.07) is 7.46. The third-order valence-corrected chi connectivity index (χ3v) is 6.01. The molecule has 1 aliphatic carbocycles. The lowest BCUT2D eigenvalue weighted by molar-refractivity contribution is 0.213. The molecule has 0 heterocycles. The second kappa shape index (κ2) is 11.1. The molecule has 0 amide bonds. The number of hydrogen-bond acceptors (Lipinski definition) is 5. The van der Waals surface area contributed by atoms with E-state index in [1.165, 1.54) is 6.42 Å². The summed E-state index contributed by atoms with van der Waals surface area (Å²) >= 11 is 0. The zero-order valence-electron chi connectivity index (χ0n) is 16.9. The second-order valence-electron chi connectivity index (χ2n) is 6.92. The van der Waals surface area contributed by atoms with Gasteiger partial charge in [-0.05, 0) is 37.8 Å². The average Bonchev–Trinajstić information content (AvgIpc) is 2.63. The first-order valence-electron chi connectivity index (χ1n) is 9.65. The Morgan fingerprint density at radius 1 is 1.25 bits per heavy atom. The number of methoxy groups -OCH3 is 1. The van der Waals surface area contributed by atoms with Crippen LogP contribution < -0.4 is 24.8 Å². The molecule has 1 unspecified atom stereocenters. The monoisotopic (exact) mass is 412 g/mol. The smallest absolute Gasteiger partial charge is 0.213 e. The van der Waals surface area contributed by atoms with Crippen molar-refractivity contribution in [2.45, 2.75) is 32.3 Å². The highest BCUT2D eigenvalue weighted by molar-refractivity contribution is 7.89. The minimum absolute atomic E-state index is 0.00763. The second-order valence-corrected chi connectivity index (χ2v) is 8.85. The highest BCUT2D eigenvalue weighted by Gasteiger charge is 2.20. The third kappa shape index (κ3) is 7.55. The van der Waals surface area contributed by atoms with Crippen LogP contribution in [0, 0.1) is 5.92 Å². The number of nitrogens with zero attached hydrogens (tertiary/aromatic N) is 1. The molecule has 0 aromatic heterocycles. The molecule has 28 heavy (non-hydrogen) atoms. The van der Waals surface area contributed by atoms with Crippen LogP contribution >= 0.6 is 0 Å². The number of rotatable bonds is 11. The van der Waals surface area contributed by atoms with E-state index in [9.17, 15) is 8.42 Å². The van der Waals surface area contributed by atoms with Gasteiger partial charge in [-0.15, -0.1) is 0 Å². The van der Waals surface area contributed by atoms with Crippen molar-refractivity contribution in [3.05, 3.63) is 24.3 Å². The van der Waals surface area contributed by atoms with Crippen LogP contribution in [0.5, 0.6) is 11.5 Å². The summed E-state index contributed by atoms with van der Waals surface area (Å²) in [6.45, 7) is 3.26. The average molecular weight is 413 g/mol. The molecule has 0 aliphatic heterocycles. The molecule has 0 spiro atoms. The van der Waals surface area contributed by atoms with Crippen LogP contribution in [0.25, 0.3) is 0 Å². The summed E-state index contributed by atoms with van der Waals surface area (Å²) in [7, 11) is -0.0238. The van der Waals surface area contributed by atoms with Crippen molar-refractivity contribution in [1.82, 2.24) is 15.4 Å². The molecule has 0 saturated heterocycles. The number of sulfonamides is 1. The van der Waals surface area contributed by atoms with Crippen LogP contribution in [0.4, 0.5) is 0 Å². The van der Waals surface area contributed by atoms with Crippen LogP contribution in [0.3, 0.4) is 0 Å². The molecular weight excluding hydrogens is 380 g/mol. The predicted octanol–water partition coefficient (Wildman–Crippen LogP) is 1.35. The van der Waals surface area contributed by atoms with Gasteiger partial charge in [0, 0.05) is 20.1 Å². The van der Waals surface area contributed by atoms with E-state index in [0.29, 0.717) is 36.5 Å². The largest absolute Gasteiger partial charge is 0.493 e. The Morgan fingerprint density at radius 3 is 2.57 bits per heavy atom. The number of guanidine groups is 1. The number of nitrogens with one attached hydrogen (secondary N) is 3. The van der Waals surface area contributed by atoms with Crippen molar-refractivity contribution in [2.75, 3.05) is 39.5 Å². The van der Waals surface area contributed by atoms with Crippen molar-refractivity contribution < 1.29 is 17.9 Å². The molecule has 1 fully saturated rings. The van der Waals surface area contributed by atoms with Crippen LogP contribution in [-0.4, -0.2) is 60.0 Å². The van der Waals surface area contributed by atoms with Crippen LogP contribution in [0.15, 0.2) is 29.3 Å². The van der Waals surface area contributed by atoms with Gasteiger partial charge >= 0.3 is 0 Å². The lowest BCUT2D eigenvalue weighted by atomic mass is 9.86. The van der Waals surface area contributed by atoms with E-state index in [1.807, 2.05) is 31.2 Å². The third-order valence-electron chi connectivity index (χ3n) is 4.66. The Bertz CT molecular complexity index is 735. The lowest BCUT2D eigenvalue weighted by Gasteiger charge is -2.25. The molecule has 1 aromatic carbocycles. The normalized spacial score (nSPS) is 16.2. The maximum Gasteiger partial charge on any atom is 0.213 e. The zero-order valence-corrected chi connectivity index (χ0v) is 17.7. The van der Waals surface area contributed by atoms with Crippen molar-refractivity contribution in [3.63, 3.8) is 0 Å². The Hall–Kier alpha value is -2.00. The van der Waals surface area contributed by atoms with Gasteiger partial charge in [-0.2, -0.15) is 0 Å². The van der Waals surface area contributed by atoms with Gasteiger partial charge in [-0.25, -0.2) is 13.1 Å². The number of benzene rings is 1. The molecule has 2 rings (SSSR count). The molecule has 1 aromatic rings. The predicted molar refractivity (Wildman–Crippen MR) is 112 cm³/mol. The first-order chi connectivity index (χ1) is 13.4. The molecule has 3 N–H and O–H groups in total. The Kier molecular flexibility index (Phi) is 8.85. The minimum atomic E-state index is -3.27. The molecular formula is C19H32N4O4S. The van der Waals surface area contributed by atoms with Gasteiger partial charge in [-0.3, -0.25) is 4.99 Å². The van der Waals surface area contributed by atoms with E-state index in [1.54, 1.807) is 14.2 Å². The standard InChI is InChI=1S/C19H32N4O4S/c1-15(27-18-10-5-4-9-17(18)26-3)13-22-19(20-2)21-11-12-28(24,25)23-14-16-7-6-8-16/h4-5,9-10,15-16,23H,6-8,11-14H2,1-3H3,(H2,20,21,22). The van der Waals surface area contributed by atoms with Crippen LogP contribution in [-0.2, 0) is 10.0 Å². The highest BCUT2D eigenvalue weighted by Crippen LogP contribution is 2.26. The minimum Gasteiger partial charge on any atom is -0.493 e. The lowest BCUT2D eigenvalue weighted by Crippen LogP contribution is -2.44. The van der Waals surface area contributed by atoms with Crippen molar-refractivity contribution in [1.29, 1.82) is 0 Å². The summed E-state index contributed by atoms with van der Waals surface area (Å²) in [5.74, 6) is 2.39. The number of hydrogen-bond donors (Lipinski definition) is 3. The summed E-state index contributed by atoms with van der Waals surface area (Å²) in [5, 5.41) is 6.16. The maximum atomic E-state index is 12.0. The SMILES string of the molecule is CN=C(NCCS(=O)(=O)NCC1CCC1)NCC(C)Oc1ccccc1OC. The molecule has 1 saturated carbocycles. The van der Waals surface area contributed by atoms with E-state index in [-0.39, 0.29) is 18.4 Å². The molecule has 1 atom stereocenters. The van der Waals surface area contributed by atoms with Crippen LogP contribution in [0.1, 0.15) is 26.2 Å². The van der Waals surface area contributed by atoms with E-state index < -0.39 is 10.0 Å². The Balaban J connectivity index is 1.68. The summed E-state index contributed by atoms with van der Waals surface area (Å²) in [4.78, 5) is 4.12. The van der Waals surface area contributed by atoms with Crippen molar-refractivity contribution in [3.8, 4) is 11.5 Å². The molecule has 158 valence electrons. The Labute approximate surface area is 168 Å². The topological polar surface area (TPSA) is 101 Å². The first-order valence-corrected chi connectivity index (χ1v) is 11.3. The van der Waals surface area contributed by atoms with Gasteiger partial charge in [0.15, 0.2) is 17.5 Å². The number of aliphatic imine (C=N–C) groups is 1. The van der Waals surface area contributed by atoms with Gasteiger partial charge in [0.25, 0.3) is 0 Å². The van der Waals surface area contributed by atoms with E-state index >= 15 is 0 Å². The van der Waals surface area contributed by atoms with Crippen molar-refractivity contribution in [2.24, 2.45) is 10.9 Å². The fraction of sp³-hybridized carbons (Fsp3) is 0.632. The van der Waals surface area contributed by atoms with Gasteiger partial charge in [-0.1, -0.05) is 18.6 Å². The molecule has 1 aliphatic rings. The van der Waals surface area contributed by atoms with E-state index in [0.717, 1.165) is 12.8 Å². The fourth-order valence-corrected chi connectivity index (χ4v) is 3.76. The Morgan fingerprint density at radius 2 is 1.96 bits per heavy atom. The summed E-state index contributed by atoms with van der Waals surface area (Å²) in [5.41, 5.74) is 0. The highest BCUT2D eigenvalue weighted by atomic mass is 32.2. The van der Waals surface area contributed by atoms with Crippen LogP contribution in [0.2, 0.25) is 0 Å². The van der Waals surface area contributed by atoms with Gasteiger partial charge in [0.2, 0.25) is 10.0 Å². The number of para-hydroxylation sites is 2. The van der Waals surface area contributed by atoms with Gasteiger partial charge in [0.1, 0.15) is 6.10 Å². The fourth-order valence-electron chi connectivity index (χ4n) is 2.75. The maximum absolute atomic E-state index is 12.0. The summed E-state index contributed by atoms with van der Waals surface area (Å²) < 4.78 is 37.9. The zero-order chi connectivity index (χ0) is 20.4. The molecule has 0 radical (unpaired) electrons. The summed E-state index contributed by atoms with van der Waals surface area (Å²) in [6.07, 6.45) is 3.30. The van der Waals surface area contributed by atoms with Crippen molar-refractivity contribution >= 4 is 16.0 Å². The van der Waals surface area contributed by atoms with Gasteiger partial charge in [0.05, 0.1) is 19.4 Å². The quantitative estimate of drug-likeness (QED) is 0.375. The molecule has 0 bridgehead atoms. The van der Waals surface area contributed by atoms with E-state index in [4.69, 9.17) is 9.47 Å².